The van der Waals surface area contributed by atoms with Crippen LogP contribution in [0.25, 0.3) is 11.1 Å². The maximum atomic E-state index is 12.5. The summed E-state index contributed by atoms with van der Waals surface area (Å²) in [6, 6.07) is 4.71. The van der Waals surface area contributed by atoms with E-state index in [4.69, 9.17) is 34.8 Å². The Bertz CT molecular complexity index is 1120. The summed E-state index contributed by atoms with van der Waals surface area (Å²) in [5, 5.41) is 12.1. The van der Waals surface area contributed by atoms with Gasteiger partial charge in [-0.15, -0.1) is 0 Å². The third kappa shape index (κ3) is 4.25. The first-order valence-corrected chi connectivity index (χ1v) is 10.0. The number of aryl methyl sites for hydroxylation is 1. The van der Waals surface area contributed by atoms with Crippen LogP contribution in [0.15, 0.2) is 29.0 Å². The average molecular weight is 518 g/mol. The molecule has 2 amide bonds. The van der Waals surface area contributed by atoms with Crippen molar-refractivity contribution in [3.05, 3.63) is 60.9 Å². The molecule has 0 aliphatic heterocycles. The number of nitrogens with zero attached hydrogens (tertiary/aromatic N) is 2. The Hall–Kier alpha value is -2.13. The lowest BCUT2D eigenvalue weighted by molar-refractivity contribution is 0.0962. The zero-order valence-corrected chi connectivity index (χ0v) is 18.9. The van der Waals surface area contributed by atoms with Crippen molar-refractivity contribution >= 4 is 68.4 Å². The van der Waals surface area contributed by atoms with E-state index in [1.54, 1.807) is 13.0 Å². The summed E-state index contributed by atoms with van der Waals surface area (Å²) < 4.78 is 0.246. The quantitative estimate of drug-likeness (QED) is 0.419. The molecule has 0 radical (unpaired) electrons. The number of carbonyl (C=O) groups excluding carboxylic acids is 2. The molecule has 0 bridgehead atoms. The Balaban J connectivity index is 2.22. The van der Waals surface area contributed by atoms with Crippen molar-refractivity contribution in [2.75, 3.05) is 12.4 Å². The number of benzene rings is 1. The lowest BCUT2D eigenvalue weighted by Crippen LogP contribution is -2.19. The number of halogens is 4. The fraction of sp³-hybridized carbons (Fsp3) is 0.111. The molecule has 11 heteroatoms. The van der Waals surface area contributed by atoms with E-state index in [0.29, 0.717) is 21.7 Å². The van der Waals surface area contributed by atoms with Gasteiger partial charge in [0.15, 0.2) is 5.82 Å². The summed E-state index contributed by atoms with van der Waals surface area (Å²) in [6.07, 6.45) is 1.44. The fourth-order valence-corrected chi connectivity index (χ4v) is 3.97. The minimum absolute atomic E-state index is 0.0646. The van der Waals surface area contributed by atoms with Gasteiger partial charge < -0.3 is 10.6 Å². The van der Waals surface area contributed by atoms with Crippen molar-refractivity contribution in [3.63, 3.8) is 0 Å². The number of aromatic amines is 1. The molecule has 0 fully saturated rings. The second-order valence-electron chi connectivity index (χ2n) is 5.90. The number of H-pyrrole nitrogens is 1. The Morgan fingerprint density at radius 1 is 1.10 bits per heavy atom. The molecule has 29 heavy (non-hydrogen) atoms. The van der Waals surface area contributed by atoms with E-state index in [2.05, 4.69) is 41.7 Å². The molecular weight excluding hydrogens is 504 g/mol. The van der Waals surface area contributed by atoms with Gasteiger partial charge >= 0.3 is 0 Å². The summed E-state index contributed by atoms with van der Waals surface area (Å²) in [5.41, 5.74) is 1.99. The van der Waals surface area contributed by atoms with Crippen LogP contribution in [0.5, 0.6) is 0 Å². The zero-order valence-electron chi connectivity index (χ0n) is 15.0. The predicted octanol–water partition coefficient (Wildman–Crippen LogP) is 5.11. The highest BCUT2D eigenvalue weighted by Crippen LogP contribution is 2.45. The van der Waals surface area contributed by atoms with Gasteiger partial charge in [0.05, 0.1) is 10.0 Å². The molecule has 0 aliphatic carbocycles. The van der Waals surface area contributed by atoms with Crippen molar-refractivity contribution in [2.45, 2.75) is 6.92 Å². The third-order valence-corrected chi connectivity index (χ3v) is 5.79. The molecule has 0 aliphatic rings. The first-order valence-electron chi connectivity index (χ1n) is 8.12. The number of hydrogen-bond donors (Lipinski definition) is 3. The van der Waals surface area contributed by atoms with E-state index >= 15 is 0 Å². The Labute approximate surface area is 189 Å². The third-order valence-electron chi connectivity index (χ3n) is 4.04. The lowest BCUT2D eigenvalue weighted by Gasteiger charge is -2.18. The minimum atomic E-state index is -0.489. The summed E-state index contributed by atoms with van der Waals surface area (Å²) in [4.78, 5) is 29.1. The second kappa shape index (κ2) is 8.71. The zero-order chi connectivity index (χ0) is 21.3. The van der Waals surface area contributed by atoms with Crippen LogP contribution in [0.3, 0.4) is 0 Å². The van der Waals surface area contributed by atoms with Crippen molar-refractivity contribution in [1.82, 2.24) is 20.5 Å². The number of hydrogen-bond acceptors (Lipinski definition) is 4. The summed E-state index contributed by atoms with van der Waals surface area (Å²) in [6.45, 7) is 1.78. The molecule has 2 heterocycles. The Morgan fingerprint density at radius 3 is 2.45 bits per heavy atom. The first-order chi connectivity index (χ1) is 13.7. The molecule has 2 aromatic heterocycles. The van der Waals surface area contributed by atoms with Crippen molar-refractivity contribution < 1.29 is 9.59 Å². The highest BCUT2D eigenvalue weighted by molar-refractivity contribution is 9.10. The van der Waals surface area contributed by atoms with E-state index in [1.165, 1.54) is 25.4 Å². The van der Waals surface area contributed by atoms with E-state index in [0.717, 1.165) is 0 Å². The van der Waals surface area contributed by atoms with Crippen molar-refractivity contribution in [3.8, 4) is 11.1 Å². The standard InChI is InChI=1S/C18H13BrCl3N5O2/c1-7-5-8(20)6-9(17(28)23-2)11(7)12-13(21)15(19)25-16(14(12)22)26-18(29)10-3-4-24-27-10/h3-6H,1-2H3,(H,23,28)(H,24,27)(H,25,26,29). The van der Waals surface area contributed by atoms with Crippen molar-refractivity contribution in [2.24, 2.45) is 0 Å². The highest BCUT2D eigenvalue weighted by atomic mass is 79.9. The van der Waals surface area contributed by atoms with Gasteiger partial charge in [-0.05, 0) is 46.6 Å². The van der Waals surface area contributed by atoms with Crippen LogP contribution < -0.4 is 10.6 Å². The van der Waals surface area contributed by atoms with E-state index in [9.17, 15) is 9.59 Å². The minimum Gasteiger partial charge on any atom is -0.355 e. The monoisotopic (exact) mass is 515 g/mol. The number of rotatable bonds is 4. The van der Waals surface area contributed by atoms with Crippen LogP contribution in [-0.2, 0) is 0 Å². The molecule has 0 unspecified atom stereocenters. The maximum Gasteiger partial charge on any atom is 0.274 e. The van der Waals surface area contributed by atoms with E-state index in [1.807, 2.05) is 0 Å². The topological polar surface area (TPSA) is 99.8 Å². The van der Waals surface area contributed by atoms with Crippen LogP contribution in [0, 0.1) is 6.92 Å². The van der Waals surface area contributed by atoms with E-state index in [-0.39, 0.29) is 37.6 Å². The molecule has 0 atom stereocenters. The average Bonchev–Trinajstić information content (AvgIpc) is 3.21. The highest BCUT2D eigenvalue weighted by Gasteiger charge is 2.25. The summed E-state index contributed by atoms with van der Waals surface area (Å²) >= 11 is 22.5. The first kappa shape index (κ1) is 21.6. The molecule has 3 rings (SSSR count). The second-order valence-corrected chi connectivity index (χ2v) is 7.85. The largest absolute Gasteiger partial charge is 0.355 e. The van der Waals surface area contributed by atoms with Gasteiger partial charge in [0.2, 0.25) is 0 Å². The number of aromatic nitrogens is 3. The molecule has 3 aromatic rings. The number of pyridine rings is 1. The number of amides is 2. The summed E-state index contributed by atoms with van der Waals surface area (Å²) in [7, 11) is 1.50. The SMILES string of the molecule is CNC(=O)c1cc(Cl)cc(C)c1-c1c(Cl)c(Br)nc(NC(=O)c2ccn[nH]2)c1Cl. The fourth-order valence-electron chi connectivity index (χ4n) is 2.76. The van der Waals surface area contributed by atoms with Gasteiger partial charge in [0.25, 0.3) is 11.8 Å². The Morgan fingerprint density at radius 2 is 1.83 bits per heavy atom. The number of nitrogens with one attached hydrogen (secondary N) is 3. The smallest absolute Gasteiger partial charge is 0.274 e. The molecule has 0 saturated heterocycles. The molecule has 7 nitrogen and oxygen atoms in total. The molecule has 1 aromatic carbocycles. The van der Waals surface area contributed by atoms with Crippen LogP contribution in [-0.4, -0.2) is 34.0 Å². The van der Waals surface area contributed by atoms with Gasteiger partial charge in [-0.3, -0.25) is 14.7 Å². The van der Waals surface area contributed by atoms with Crippen LogP contribution in [0.1, 0.15) is 26.4 Å². The molecule has 0 spiro atoms. The van der Waals surface area contributed by atoms with Crippen LogP contribution in [0.2, 0.25) is 15.1 Å². The predicted molar refractivity (Wildman–Crippen MR) is 117 cm³/mol. The maximum absolute atomic E-state index is 12.5. The normalized spacial score (nSPS) is 10.7. The van der Waals surface area contributed by atoms with E-state index < -0.39 is 5.91 Å². The van der Waals surface area contributed by atoms with Gasteiger partial charge in [0, 0.05) is 35.0 Å². The Kier molecular flexibility index (Phi) is 6.48. The summed E-state index contributed by atoms with van der Waals surface area (Å²) in [5.74, 6) is -0.792. The lowest BCUT2D eigenvalue weighted by atomic mass is 9.94. The van der Waals surface area contributed by atoms with Crippen LogP contribution in [0.4, 0.5) is 5.82 Å². The van der Waals surface area contributed by atoms with Crippen molar-refractivity contribution in [1.29, 1.82) is 0 Å². The van der Waals surface area contributed by atoms with Gasteiger partial charge in [0.1, 0.15) is 10.3 Å². The molecular formula is C18H13BrCl3N5O2. The molecule has 3 N–H and O–H groups in total. The number of anilines is 1. The van der Waals surface area contributed by atoms with Crippen LogP contribution >= 0.6 is 50.7 Å². The van der Waals surface area contributed by atoms with Gasteiger partial charge in [-0.2, -0.15) is 5.10 Å². The molecule has 150 valence electrons. The van der Waals surface area contributed by atoms with Gasteiger partial charge in [-0.1, -0.05) is 34.8 Å². The number of carbonyl (C=O) groups is 2. The molecule has 0 saturated carbocycles. The van der Waals surface area contributed by atoms with Gasteiger partial charge in [-0.25, -0.2) is 4.98 Å².